The molecule has 3 aliphatic heterocycles. The van der Waals surface area contributed by atoms with Gasteiger partial charge in [0.05, 0.1) is 12.2 Å². The third-order valence-corrected chi connectivity index (χ3v) is 6.46. The van der Waals surface area contributed by atoms with Crippen molar-refractivity contribution in [3.05, 3.63) is 72.1 Å². The van der Waals surface area contributed by atoms with Gasteiger partial charge in [0.25, 0.3) is 6.02 Å². The lowest BCUT2D eigenvalue weighted by Gasteiger charge is -2.42. The number of amidine groups is 1. The third kappa shape index (κ3) is 3.31. The minimum absolute atomic E-state index is 0.195. The van der Waals surface area contributed by atoms with E-state index in [1.54, 1.807) is 6.20 Å². The highest BCUT2D eigenvalue weighted by Crippen LogP contribution is 2.52. The van der Waals surface area contributed by atoms with E-state index in [0.29, 0.717) is 6.61 Å². The van der Waals surface area contributed by atoms with E-state index >= 15 is 0 Å². The van der Waals surface area contributed by atoms with Crippen LogP contribution in [0.15, 0.2) is 65.9 Å². The summed E-state index contributed by atoms with van der Waals surface area (Å²) in [6.45, 7) is 6.22. The molecule has 0 aliphatic carbocycles. The average Bonchev–Trinajstić information content (AvgIpc) is 3.19. The van der Waals surface area contributed by atoms with E-state index in [1.165, 1.54) is 0 Å². The van der Waals surface area contributed by atoms with Gasteiger partial charge in [0, 0.05) is 47.9 Å². The number of pyridine rings is 1. The Labute approximate surface area is 192 Å². The van der Waals surface area contributed by atoms with Gasteiger partial charge in [-0.1, -0.05) is 12.1 Å². The molecule has 1 saturated heterocycles. The van der Waals surface area contributed by atoms with Gasteiger partial charge in [0.15, 0.2) is 5.54 Å². The zero-order chi connectivity index (χ0) is 22.6. The first-order valence-electron chi connectivity index (χ1n) is 11.3. The Hall–Kier alpha value is -3.58. The van der Waals surface area contributed by atoms with Crippen LogP contribution in [-0.4, -0.2) is 42.9 Å². The lowest BCUT2D eigenvalue weighted by Crippen LogP contribution is -2.53. The maximum absolute atomic E-state index is 6.33. The van der Waals surface area contributed by atoms with Gasteiger partial charge in [0.1, 0.15) is 18.1 Å². The summed E-state index contributed by atoms with van der Waals surface area (Å²) in [5.41, 5.74) is 10.4. The Kier molecular flexibility index (Phi) is 4.55. The van der Waals surface area contributed by atoms with Crippen molar-refractivity contribution in [2.24, 2.45) is 10.7 Å². The fourth-order valence-electron chi connectivity index (χ4n) is 4.87. The number of ether oxygens (including phenoxy) is 3. The van der Waals surface area contributed by atoms with Gasteiger partial charge in [-0.05, 0) is 55.8 Å². The van der Waals surface area contributed by atoms with Gasteiger partial charge in [0.2, 0.25) is 0 Å². The van der Waals surface area contributed by atoms with Crippen LogP contribution in [-0.2, 0) is 15.0 Å². The maximum Gasteiger partial charge on any atom is 0.283 e. The number of hydrogen-bond donors (Lipinski definition) is 1. The lowest BCUT2D eigenvalue weighted by atomic mass is 9.80. The Morgan fingerprint density at radius 2 is 1.85 bits per heavy atom. The Bertz CT molecular complexity index is 1240. The molecule has 6 rings (SSSR count). The van der Waals surface area contributed by atoms with Crippen molar-refractivity contribution in [1.29, 1.82) is 0 Å². The largest absolute Gasteiger partial charge is 0.462 e. The summed E-state index contributed by atoms with van der Waals surface area (Å²) >= 11 is 0. The number of rotatable bonds is 4. The topological polar surface area (TPSA) is 82.2 Å². The zero-order valence-corrected chi connectivity index (χ0v) is 18.7. The van der Waals surface area contributed by atoms with E-state index in [0.717, 1.165) is 52.5 Å². The molecule has 4 heterocycles. The highest BCUT2D eigenvalue weighted by atomic mass is 16.5. The summed E-state index contributed by atoms with van der Waals surface area (Å²) in [5, 5.41) is 0. The standard InChI is InChI=1S/C26H26N4O3/c1-16(2)32-20-13-30(14-20)19-6-8-24-22(11-19)26(15-31-25(27)29-26)21-10-17(5-7-23(21)33-24)18-4-3-9-28-12-18/h3-12,16,20H,13-15H2,1-2H3,(H2,27,29)/t26-/m0/s1. The highest BCUT2D eigenvalue weighted by molar-refractivity contribution is 5.78. The van der Waals surface area contributed by atoms with Crippen molar-refractivity contribution >= 4 is 11.7 Å². The fraction of sp³-hybridized carbons (Fsp3) is 0.308. The van der Waals surface area contributed by atoms with Crippen LogP contribution in [0.1, 0.15) is 25.0 Å². The first-order chi connectivity index (χ1) is 16.0. The highest BCUT2D eigenvalue weighted by Gasteiger charge is 2.47. The number of benzene rings is 2. The molecule has 1 atom stereocenters. The molecule has 0 saturated carbocycles. The predicted octanol–water partition coefficient (Wildman–Crippen LogP) is 4.06. The number of aromatic nitrogens is 1. The van der Waals surface area contributed by atoms with Crippen LogP contribution in [0.4, 0.5) is 5.69 Å². The summed E-state index contributed by atoms with van der Waals surface area (Å²) in [6, 6.07) is 16.6. The zero-order valence-electron chi connectivity index (χ0n) is 18.7. The van der Waals surface area contributed by atoms with E-state index in [2.05, 4.69) is 41.9 Å². The van der Waals surface area contributed by atoms with Gasteiger partial charge in [-0.15, -0.1) is 0 Å². The molecule has 1 spiro atoms. The number of anilines is 1. The van der Waals surface area contributed by atoms with Crippen molar-refractivity contribution in [2.45, 2.75) is 31.6 Å². The summed E-state index contributed by atoms with van der Waals surface area (Å²) in [6.07, 6.45) is 4.12. The van der Waals surface area contributed by atoms with Crippen molar-refractivity contribution in [3.63, 3.8) is 0 Å². The van der Waals surface area contributed by atoms with Crippen molar-refractivity contribution in [2.75, 3.05) is 24.6 Å². The lowest BCUT2D eigenvalue weighted by molar-refractivity contribution is -0.00719. The number of aliphatic imine (C=N–C) groups is 1. The number of nitrogens with zero attached hydrogens (tertiary/aromatic N) is 3. The molecular formula is C26H26N4O3. The first-order valence-corrected chi connectivity index (χ1v) is 11.3. The van der Waals surface area contributed by atoms with E-state index < -0.39 is 5.54 Å². The summed E-state index contributed by atoms with van der Waals surface area (Å²) in [4.78, 5) is 11.4. The minimum Gasteiger partial charge on any atom is -0.462 e. The number of hydrogen-bond acceptors (Lipinski definition) is 7. The molecule has 3 aliphatic rings. The van der Waals surface area contributed by atoms with Crippen molar-refractivity contribution in [1.82, 2.24) is 4.98 Å². The van der Waals surface area contributed by atoms with Crippen LogP contribution in [0.25, 0.3) is 11.1 Å². The molecule has 3 aromatic rings. The Morgan fingerprint density at radius 3 is 2.55 bits per heavy atom. The van der Waals surface area contributed by atoms with Crippen LogP contribution in [0.2, 0.25) is 0 Å². The van der Waals surface area contributed by atoms with Crippen LogP contribution >= 0.6 is 0 Å². The smallest absolute Gasteiger partial charge is 0.283 e. The Morgan fingerprint density at radius 1 is 1.06 bits per heavy atom. The summed E-state index contributed by atoms with van der Waals surface area (Å²) < 4.78 is 18.0. The molecular weight excluding hydrogens is 416 g/mol. The molecule has 2 aromatic carbocycles. The molecule has 33 heavy (non-hydrogen) atoms. The van der Waals surface area contributed by atoms with Gasteiger partial charge in [-0.3, -0.25) is 4.98 Å². The first kappa shape index (κ1) is 20.1. The molecule has 2 N–H and O–H groups in total. The minimum atomic E-state index is -0.750. The van der Waals surface area contributed by atoms with E-state index in [1.807, 2.05) is 36.5 Å². The van der Waals surface area contributed by atoms with Crippen LogP contribution in [0.3, 0.4) is 0 Å². The van der Waals surface area contributed by atoms with E-state index in [-0.39, 0.29) is 18.2 Å². The molecule has 7 heteroatoms. The summed E-state index contributed by atoms with van der Waals surface area (Å²) in [5.74, 6) is 1.54. The second kappa shape index (κ2) is 7.49. The normalized spacial score (nSPS) is 21.2. The van der Waals surface area contributed by atoms with Crippen molar-refractivity contribution in [3.8, 4) is 22.6 Å². The van der Waals surface area contributed by atoms with E-state index in [9.17, 15) is 0 Å². The number of nitrogens with two attached hydrogens (primary N) is 1. The summed E-state index contributed by atoms with van der Waals surface area (Å²) in [7, 11) is 0. The molecule has 1 fully saturated rings. The molecule has 0 radical (unpaired) electrons. The molecule has 0 bridgehead atoms. The van der Waals surface area contributed by atoms with Gasteiger partial charge < -0.3 is 24.8 Å². The maximum atomic E-state index is 6.33. The molecule has 7 nitrogen and oxygen atoms in total. The Balaban J connectivity index is 1.41. The molecule has 0 amide bonds. The predicted molar refractivity (Wildman–Crippen MR) is 127 cm³/mol. The SMILES string of the molecule is CC(C)OC1CN(c2ccc3c(c2)[C@]2(COC(N)=N2)c2cc(-c4cccnc4)ccc2O3)C1. The van der Waals surface area contributed by atoms with Gasteiger partial charge in [-0.25, -0.2) is 4.99 Å². The van der Waals surface area contributed by atoms with Gasteiger partial charge >= 0.3 is 0 Å². The van der Waals surface area contributed by atoms with Crippen molar-refractivity contribution < 1.29 is 14.2 Å². The molecule has 168 valence electrons. The second-order valence-corrected chi connectivity index (χ2v) is 9.05. The van der Waals surface area contributed by atoms with E-state index in [4.69, 9.17) is 24.9 Å². The second-order valence-electron chi connectivity index (χ2n) is 9.05. The average molecular weight is 443 g/mol. The quantitative estimate of drug-likeness (QED) is 0.656. The molecule has 0 unspecified atom stereocenters. The van der Waals surface area contributed by atoms with Crippen LogP contribution in [0, 0.1) is 0 Å². The monoisotopic (exact) mass is 442 g/mol. The third-order valence-electron chi connectivity index (χ3n) is 6.46. The molecule has 1 aromatic heterocycles. The fourth-order valence-corrected chi connectivity index (χ4v) is 4.87. The van der Waals surface area contributed by atoms with Crippen LogP contribution in [0.5, 0.6) is 11.5 Å². The van der Waals surface area contributed by atoms with Gasteiger partial charge in [-0.2, -0.15) is 0 Å². The number of fused-ring (bicyclic) bond motifs is 4. The van der Waals surface area contributed by atoms with Crippen LogP contribution < -0.4 is 15.4 Å².